The number of hydrogen-bond donors (Lipinski definition) is 2. The van der Waals surface area contributed by atoms with E-state index in [9.17, 15) is 0 Å². The van der Waals surface area contributed by atoms with Gasteiger partial charge in [-0.05, 0) is 24.0 Å². The largest absolute Gasteiger partial charge is 0.347 e. The van der Waals surface area contributed by atoms with Gasteiger partial charge in [0.2, 0.25) is 0 Å². The van der Waals surface area contributed by atoms with Gasteiger partial charge >= 0.3 is 0 Å². The quantitative estimate of drug-likeness (QED) is 0.866. The SMILES string of the molecule is CCC(NC1CSCCC1(C)C)c1ncc[nH]1. The molecular formula is C13H23N3S. The minimum Gasteiger partial charge on any atom is -0.347 e. The van der Waals surface area contributed by atoms with Crippen molar-refractivity contribution in [2.75, 3.05) is 11.5 Å². The van der Waals surface area contributed by atoms with Gasteiger partial charge in [-0.2, -0.15) is 11.8 Å². The monoisotopic (exact) mass is 253 g/mol. The second-order valence-electron chi connectivity index (χ2n) is 5.47. The van der Waals surface area contributed by atoms with E-state index in [-0.39, 0.29) is 0 Å². The van der Waals surface area contributed by atoms with Crippen molar-refractivity contribution in [3.63, 3.8) is 0 Å². The molecule has 4 heteroatoms. The number of H-pyrrole nitrogens is 1. The van der Waals surface area contributed by atoms with Crippen molar-refractivity contribution in [1.29, 1.82) is 0 Å². The summed E-state index contributed by atoms with van der Waals surface area (Å²) in [5.41, 5.74) is 0.394. The van der Waals surface area contributed by atoms with Crippen LogP contribution in [0, 0.1) is 5.41 Å². The number of hydrogen-bond acceptors (Lipinski definition) is 3. The molecule has 0 spiro atoms. The number of nitrogens with zero attached hydrogens (tertiary/aromatic N) is 1. The molecule has 2 atom stereocenters. The molecule has 2 heterocycles. The van der Waals surface area contributed by atoms with Gasteiger partial charge in [0, 0.05) is 24.2 Å². The van der Waals surface area contributed by atoms with Crippen molar-refractivity contribution in [1.82, 2.24) is 15.3 Å². The van der Waals surface area contributed by atoms with Crippen LogP contribution in [0.25, 0.3) is 0 Å². The van der Waals surface area contributed by atoms with Crippen LogP contribution in [-0.4, -0.2) is 27.5 Å². The third-order valence-electron chi connectivity index (χ3n) is 3.78. The van der Waals surface area contributed by atoms with E-state index in [1.54, 1.807) is 0 Å². The van der Waals surface area contributed by atoms with Crippen LogP contribution in [0.1, 0.15) is 45.5 Å². The van der Waals surface area contributed by atoms with Gasteiger partial charge in [-0.25, -0.2) is 4.98 Å². The van der Waals surface area contributed by atoms with Gasteiger partial charge in [-0.15, -0.1) is 0 Å². The number of aromatic amines is 1. The van der Waals surface area contributed by atoms with Crippen LogP contribution in [-0.2, 0) is 0 Å². The minimum atomic E-state index is 0.355. The van der Waals surface area contributed by atoms with Crippen molar-refractivity contribution < 1.29 is 0 Å². The van der Waals surface area contributed by atoms with E-state index >= 15 is 0 Å². The Kier molecular flexibility index (Phi) is 4.15. The van der Waals surface area contributed by atoms with Crippen molar-refractivity contribution in [3.05, 3.63) is 18.2 Å². The highest BCUT2D eigenvalue weighted by atomic mass is 32.2. The number of aromatic nitrogens is 2. The van der Waals surface area contributed by atoms with Gasteiger partial charge in [-0.1, -0.05) is 20.8 Å². The Labute approximate surface area is 108 Å². The van der Waals surface area contributed by atoms with Crippen molar-refractivity contribution in [2.24, 2.45) is 5.41 Å². The molecule has 0 radical (unpaired) electrons. The molecule has 2 rings (SSSR count). The van der Waals surface area contributed by atoms with Crippen molar-refractivity contribution in [2.45, 2.75) is 45.7 Å². The predicted molar refractivity (Wildman–Crippen MR) is 74.3 cm³/mol. The van der Waals surface area contributed by atoms with E-state index in [0.29, 0.717) is 17.5 Å². The molecule has 1 fully saturated rings. The van der Waals surface area contributed by atoms with Crippen LogP contribution < -0.4 is 5.32 Å². The van der Waals surface area contributed by atoms with Crippen LogP contribution in [0.5, 0.6) is 0 Å². The van der Waals surface area contributed by atoms with Crippen LogP contribution in [0.15, 0.2) is 12.4 Å². The summed E-state index contributed by atoms with van der Waals surface area (Å²) in [5.74, 6) is 3.58. The molecule has 0 aliphatic carbocycles. The first kappa shape index (κ1) is 13.0. The molecule has 1 aromatic rings. The highest BCUT2D eigenvalue weighted by molar-refractivity contribution is 7.99. The maximum absolute atomic E-state index is 4.38. The first-order valence-electron chi connectivity index (χ1n) is 6.46. The second-order valence-corrected chi connectivity index (χ2v) is 6.62. The van der Waals surface area contributed by atoms with E-state index in [1.165, 1.54) is 17.9 Å². The molecule has 0 saturated carbocycles. The second kappa shape index (κ2) is 5.44. The number of nitrogens with one attached hydrogen (secondary N) is 2. The molecule has 3 nitrogen and oxygen atoms in total. The fourth-order valence-electron chi connectivity index (χ4n) is 2.31. The van der Waals surface area contributed by atoms with E-state index in [2.05, 4.69) is 47.8 Å². The third kappa shape index (κ3) is 3.05. The summed E-state index contributed by atoms with van der Waals surface area (Å²) in [4.78, 5) is 7.60. The standard InChI is InChI=1S/C13H23N3S/c1-4-10(12-14-6-7-15-12)16-11-9-17-8-5-13(11,2)3/h6-7,10-11,16H,4-5,8-9H2,1-3H3,(H,14,15). The Hall–Kier alpha value is -0.480. The van der Waals surface area contributed by atoms with E-state index in [0.717, 1.165) is 12.2 Å². The third-order valence-corrected chi connectivity index (χ3v) is 4.84. The first-order chi connectivity index (χ1) is 8.13. The molecule has 0 amide bonds. The molecular weight excluding hydrogens is 230 g/mol. The average Bonchev–Trinajstić information content (AvgIpc) is 2.80. The molecule has 17 heavy (non-hydrogen) atoms. The van der Waals surface area contributed by atoms with Crippen LogP contribution in [0.4, 0.5) is 0 Å². The predicted octanol–water partition coefficient (Wildman–Crippen LogP) is 2.98. The summed E-state index contributed by atoms with van der Waals surface area (Å²) in [6, 6.07) is 0.935. The highest BCUT2D eigenvalue weighted by Crippen LogP contribution is 2.35. The van der Waals surface area contributed by atoms with E-state index < -0.39 is 0 Å². The molecule has 1 aromatic heterocycles. The fraction of sp³-hybridized carbons (Fsp3) is 0.769. The smallest absolute Gasteiger partial charge is 0.123 e. The van der Waals surface area contributed by atoms with E-state index in [4.69, 9.17) is 0 Å². The Bertz CT molecular complexity index is 334. The summed E-state index contributed by atoms with van der Waals surface area (Å²) in [6.07, 6.45) is 6.11. The summed E-state index contributed by atoms with van der Waals surface area (Å²) in [7, 11) is 0. The van der Waals surface area contributed by atoms with Gasteiger partial charge in [0.1, 0.15) is 5.82 Å². The summed E-state index contributed by atoms with van der Waals surface area (Å²) in [6.45, 7) is 6.96. The van der Waals surface area contributed by atoms with Gasteiger partial charge in [0.15, 0.2) is 0 Å². The summed E-state index contributed by atoms with van der Waals surface area (Å²) >= 11 is 2.06. The summed E-state index contributed by atoms with van der Waals surface area (Å²) in [5, 5.41) is 3.78. The topological polar surface area (TPSA) is 40.7 Å². The number of rotatable bonds is 4. The zero-order chi connectivity index (χ0) is 12.3. The molecule has 1 aliphatic rings. The highest BCUT2D eigenvalue weighted by Gasteiger charge is 2.34. The van der Waals surface area contributed by atoms with Gasteiger partial charge < -0.3 is 10.3 Å². The molecule has 0 aromatic carbocycles. The lowest BCUT2D eigenvalue weighted by molar-refractivity contribution is 0.224. The first-order valence-corrected chi connectivity index (χ1v) is 7.62. The molecule has 96 valence electrons. The lowest BCUT2D eigenvalue weighted by Gasteiger charge is -2.40. The normalized spacial score (nSPS) is 25.7. The Morgan fingerprint density at radius 2 is 2.47 bits per heavy atom. The lowest BCUT2D eigenvalue weighted by atomic mass is 9.82. The van der Waals surface area contributed by atoms with Crippen LogP contribution in [0.2, 0.25) is 0 Å². The number of thioether (sulfide) groups is 1. The zero-order valence-electron chi connectivity index (χ0n) is 11.0. The molecule has 1 saturated heterocycles. The van der Waals surface area contributed by atoms with Crippen LogP contribution >= 0.6 is 11.8 Å². The Morgan fingerprint density at radius 1 is 1.65 bits per heavy atom. The van der Waals surface area contributed by atoms with Crippen molar-refractivity contribution >= 4 is 11.8 Å². The zero-order valence-corrected chi connectivity index (χ0v) is 11.8. The fourth-order valence-corrected chi connectivity index (χ4v) is 3.93. The van der Waals surface area contributed by atoms with E-state index in [1.807, 2.05) is 12.4 Å². The van der Waals surface area contributed by atoms with Crippen molar-refractivity contribution in [3.8, 4) is 0 Å². The lowest BCUT2D eigenvalue weighted by Crippen LogP contribution is -2.48. The van der Waals surface area contributed by atoms with Gasteiger partial charge in [-0.3, -0.25) is 0 Å². The summed E-state index contributed by atoms with van der Waals surface area (Å²) < 4.78 is 0. The number of imidazole rings is 1. The average molecular weight is 253 g/mol. The Morgan fingerprint density at radius 3 is 3.06 bits per heavy atom. The Balaban J connectivity index is 2.03. The maximum Gasteiger partial charge on any atom is 0.123 e. The molecule has 1 aliphatic heterocycles. The van der Waals surface area contributed by atoms with Gasteiger partial charge in [0.05, 0.1) is 6.04 Å². The molecule has 2 N–H and O–H groups in total. The minimum absolute atomic E-state index is 0.355. The molecule has 0 bridgehead atoms. The maximum atomic E-state index is 4.38. The van der Waals surface area contributed by atoms with Gasteiger partial charge in [0.25, 0.3) is 0 Å². The molecule has 2 unspecified atom stereocenters. The van der Waals surface area contributed by atoms with Crippen LogP contribution in [0.3, 0.4) is 0 Å².